The molecule has 1 N–H and O–H groups in total. The number of rotatable bonds is 1. The van der Waals surface area contributed by atoms with Crippen molar-refractivity contribution in [1.29, 1.82) is 0 Å². The van der Waals surface area contributed by atoms with Gasteiger partial charge in [0.15, 0.2) is 0 Å². The molecule has 0 unspecified atom stereocenters. The van der Waals surface area contributed by atoms with Gasteiger partial charge in [-0.25, -0.2) is 4.39 Å². The van der Waals surface area contributed by atoms with E-state index < -0.39 is 0 Å². The van der Waals surface area contributed by atoms with Crippen molar-refractivity contribution in [1.82, 2.24) is 5.32 Å². The predicted octanol–water partition coefficient (Wildman–Crippen LogP) is 2.82. The quantitative estimate of drug-likeness (QED) is 0.734. The minimum absolute atomic E-state index is 0.118. The molecule has 0 amide bonds. The maximum Gasteiger partial charge on any atom is 0.132 e. The van der Waals surface area contributed by atoms with Crippen LogP contribution in [-0.2, 0) is 0 Å². The summed E-state index contributed by atoms with van der Waals surface area (Å²) in [4.78, 5) is 0. The largest absolute Gasteiger partial charge is 0.310 e. The molecule has 0 aliphatic carbocycles. The van der Waals surface area contributed by atoms with Crippen LogP contribution in [0.4, 0.5) is 4.39 Å². The minimum Gasteiger partial charge on any atom is -0.310 e. The average Bonchev–Trinajstić information content (AvgIpc) is 2.02. The average molecular weight is 200 g/mol. The number of benzene rings is 1. The number of hydrogen-bond acceptors (Lipinski definition) is 1. The van der Waals surface area contributed by atoms with Gasteiger partial charge in [0, 0.05) is 16.6 Å². The highest BCUT2D eigenvalue weighted by atomic mass is 35.5. The molecule has 1 saturated heterocycles. The lowest BCUT2D eigenvalue weighted by atomic mass is 9.96. The molecule has 1 atom stereocenters. The van der Waals surface area contributed by atoms with Crippen molar-refractivity contribution in [2.75, 3.05) is 6.54 Å². The fourth-order valence-corrected chi connectivity index (χ4v) is 1.81. The molecule has 1 aromatic carbocycles. The fourth-order valence-electron chi connectivity index (χ4n) is 1.53. The van der Waals surface area contributed by atoms with E-state index in [-0.39, 0.29) is 11.9 Å². The van der Waals surface area contributed by atoms with Gasteiger partial charge in [-0.15, -0.1) is 0 Å². The molecular weight excluding hydrogens is 189 g/mol. The lowest BCUT2D eigenvalue weighted by molar-refractivity contribution is 0.370. The summed E-state index contributed by atoms with van der Waals surface area (Å²) in [6, 6.07) is 3.59. The van der Waals surface area contributed by atoms with Crippen LogP contribution in [0.25, 0.3) is 0 Å². The van der Waals surface area contributed by atoms with Gasteiger partial charge in [-0.05, 0) is 31.5 Å². The zero-order valence-corrected chi connectivity index (χ0v) is 8.16. The molecule has 1 aliphatic rings. The number of halogens is 2. The van der Waals surface area contributed by atoms with E-state index in [1.807, 2.05) is 0 Å². The Morgan fingerprint density at radius 1 is 1.54 bits per heavy atom. The molecular formula is C10H11ClFN. The summed E-state index contributed by atoms with van der Waals surface area (Å²) in [6.45, 7) is 2.71. The van der Waals surface area contributed by atoms with Gasteiger partial charge in [0.2, 0.25) is 0 Å². The summed E-state index contributed by atoms with van der Waals surface area (Å²) in [7, 11) is 0. The smallest absolute Gasteiger partial charge is 0.132 e. The highest BCUT2D eigenvalue weighted by molar-refractivity contribution is 6.31. The third-order valence-electron chi connectivity index (χ3n) is 2.49. The molecule has 1 nitrogen and oxygen atoms in total. The van der Waals surface area contributed by atoms with Gasteiger partial charge >= 0.3 is 0 Å². The molecule has 1 aliphatic heterocycles. The van der Waals surface area contributed by atoms with Gasteiger partial charge < -0.3 is 5.32 Å². The van der Waals surface area contributed by atoms with E-state index in [4.69, 9.17) is 11.6 Å². The van der Waals surface area contributed by atoms with Crippen molar-refractivity contribution in [2.24, 2.45) is 0 Å². The second-order valence-electron chi connectivity index (χ2n) is 3.39. The summed E-state index contributed by atoms with van der Waals surface area (Å²) in [6.07, 6.45) is 0.972. The monoisotopic (exact) mass is 199 g/mol. The Labute approximate surface area is 81.9 Å². The molecule has 1 fully saturated rings. The Morgan fingerprint density at radius 3 is 2.77 bits per heavy atom. The molecule has 0 bridgehead atoms. The van der Waals surface area contributed by atoms with E-state index in [0.717, 1.165) is 13.0 Å². The summed E-state index contributed by atoms with van der Waals surface area (Å²) < 4.78 is 13.6. The van der Waals surface area contributed by atoms with Crippen molar-refractivity contribution < 1.29 is 4.39 Å². The van der Waals surface area contributed by atoms with Crippen LogP contribution >= 0.6 is 11.6 Å². The molecule has 1 heterocycles. The summed E-state index contributed by atoms with van der Waals surface area (Å²) in [5.41, 5.74) is 1.29. The van der Waals surface area contributed by atoms with E-state index in [2.05, 4.69) is 5.32 Å². The van der Waals surface area contributed by atoms with Crippen molar-refractivity contribution in [2.45, 2.75) is 19.4 Å². The topological polar surface area (TPSA) is 12.0 Å². The van der Waals surface area contributed by atoms with E-state index >= 15 is 0 Å². The van der Waals surface area contributed by atoms with Crippen molar-refractivity contribution in [3.8, 4) is 0 Å². The Morgan fingerprint density at radius 2 is 2.23 bits per heavy atom. The first-order valence-electron chi connectivity index (χ1n) is 4.38. The minimum atomic E-state index is -0.162. The van der Waals surface area contributed by atoms with Crippen LogP contribution in [0.2, 0.25) is 5.02 Å². The Kier molecular flexibility index (Phi) is 2.26. The van der Waals surface area contributed by atoms with Crippen LogP contribution in [0, 0.1) is 12.7 Å². The van der Waals surface area contributed by atoms with Crippen LogP contribution in [0.15, 0.2) is 12.1 Å². The third kappa shape index (κ3) is 1.45. The molecule has 0 saturated carbocycles. The predicted molar refractivity (Wildman–Crippen MR) is 51.5 cm³/mol. The molecule has 0 spiro atoms. The van der Waals surface area contributed by atoms with E-state index in [1.165, 1.54) is 0 Å². The molecule has 3 heteroatoms. The molecule has 1 aromatic rings. The van der Waals surface area contributed by atoms with Gasteiger partial charge in [-0.3, -0.25) is 0 Å². The van der Waals surface area contributed by atoms with E-state index in [9.17, 15) is 4.39 Å². The highest BCUT2D eigenvalue weighted by Gasteiger charge is 2.24. The first-order valence-corrected chi connectivity index (χ1v) is 4.76. The normalized spacial score (nSPS) is 21.3. The zero-order chi connectivity index (χ0) is 9.42. The molecule has 2 rings (SSSR count). The third-order valence-corrected chi connectivity index (χ3v) is 2.82. The molecule has 0 aromatic heterocycles. The maximum atomic E-state index is 13.6. The lowest BCUT2D eigenvalue weighted by Gasteiger charge is -2.29. The SMILES string of the molecule is Cc1ccc(Cl)c([C@H]2CCN2)c1F. The Bertz CT molecular complexity index is 334. The first kappa shape index (κ1) is 8.97. The highest BCUT2D eigenvalue weighted by Crippen LogP contribution is 2.32. The van der Waals surface area contributed by atoms with Crippen LogP contribution in [0.3, 0.4) is 0 Å². The van der Waals surface area contributed by atoms with Crippen molar-refractivity contribution in [3.63, 3.8) is 0 Å². The van der Waals surface area contributed by atoms with Gasteiger partial charge in [0.1, 0.15) is 5.82 Å². The number of nitrogens with one attached hydrogen (secondary N) is 1. The van der Waals surface area contributed by atoms with Crippen LogP contribution in [0.5, 0.6) is 0 Å². The van der Waals surface area contributed by atoms with Crippen LogP contribution in [0.1, 0.15) is 23.6 Å². The van der Waals surface area contributed by atoms with Gasteiger partial charge in [-0.1, -0.05) is 17.7 Å². The Balaban J connectivity index is 2.46. The number of hydrogen-bond donors (Lipinski definition) is 1. The van der Waals surface area contributed by atoms with Crippen molar-refractivity contribution >= 4 is 11.6 Å². The van der Waals surface area contributed by atoms with Crippen molar-refractivity contribution in [3.05, 3.63) is 34.1 Å². The standard InChI is InChI=1S/C10H11ClFN/c1-6-2-3-7(11)9(10(6)12)8-4-5-13-8/h2-3,8,13H,4-5H2,1H3/t8-/m1/s1. The summed E-state index contributed by atoms with van der Waals surface area (Å²) in [5, 5.41) is 3.67. The second-order valence-corrected chi connectivity index (χ2v) is 3.79. The maximum absolute atomic E-state index is 13.6. The molecule has 70 valence electrons. The number of aryl methyl sites for hydroxylation is 1. The van der Waals surface area contributed by atoms with Gasteiger partial charge in [0.25, 0.3) is 0 Å². The molecule has 0 radical (unpaired) electrons. The van der Waals surface area contributed by atoms with Crippen LogP contribution in [-0.4, -0.2) is 6.54 Å². The second kappa shape index (κ2) is 3.28. The first-order chi connectivity index (χ1) is 6.20. The van der Waals surface area contributed by atoms with Gasteiger partial charge in [-0.2, -0.15) is 0 Å². The van der Waals surface area contributed by atoms with E-state index in [0.29, 0.717) is 16.1 Å². The lowest BCUT2D eigenvalue weighted by Crippen LogP contribution is -2.35. The van der Waals surface area contributed by atoms with E-state index in [1.54, 1.807) is 19.1 Å². The van der Waals surface area contributed by atoms with Crippen LogP contribution < -0.4 is 5.32 Å². The summed E-state index contributed by atoms with van der Waals surface area (Å²) in [5.74, 6) is -0.162. The fraction of sp³-hybridized carbons (Fsp3) is 0.400. The summed E-state index contributed by atoms with van der Waals surface area (Å²) >= 11 is 5.93. The van der Waals surface area contributed by atoms with Gasteiger partial charge in [0.05, 0.1) is 0 Å². The molecule has 13 heavy (non-hydrogen) atoms. The zero-order valence-electron chi connectivity index (χ0n) is 7.40. The Hall–Kier alpha value is -0.600.